The Bertz CT molecular complexity index is 1410. The van der Waals surface area contributed by atoms with Crippen molar-refractivity contribution in [2.45, 2.75) is 26.4 Å². The molecular formula is C28H26N4O3. The Morgan fingerprint density at radius 1 is 1.00 bits per heavy atom. The summed E-state index contributed by atoms with van der Waals surface area (Å²) in [5, 5.41) is 11.2. The molecule has 4 rings (SSSR count). The molecule has 7 nitrogen and oxygen atoms in total. The maximum Gasteiger partial charge on any atom is 0.331 e. The molecule has 0 aliphatic carbocycles. The lowest BCUT2D eigenvalue weighted by atomic mass is 10.1. The van der Waals surface area contributed by atoms with Crippen molar-refractivity contribution in [2.75, 3.05) is 5.32 Å². The second kappa shape index (κ2) is 10.2. The highest BCUT2D eigenvalue weighted by molar-refractivity contribution is 6.05. The van der Waals surface area contributed by atoms with Crippen LogP contribution in [0.25, 0.3) is 29.1 Å². The number of pyridine rings is 1. The topological polar surface area (TPSA) is 97.0 Å². The Labute approximate surface area is 203 Å². The average Bonchev–Trinajstić information content (AvgIpc) is 3.24. The van der Waals surface area contributed by atoms with E-state index in [4.69, 9.17) is 4.74 Å². The van der Waals surface area contributed by atoms with Crippen molar-refractivity contribution < 1.29 is 14.3 Å². The van der Waals surface area contributed by atoms with Crippen molar-refractivity contribution >= 4 is 46.7 Å². The second-order valence-corrected chi connectivity index (χ2v) is 8.90. The highest BCUT2D eigenvalue weighted by atomic mass is 16.6. The molecule has 0 saturated carbocycles. The lowest BCUT2D eigenvalue weighted by Crippen LogP contribution is -2.22. The number of aromatic nitrogens is 3. The lowest BCUT2D eigenvalue weighted by molar-refractivity contribution is -0.148. The van der Waals surface area contributed by atoms with E-state index < -0.39 is 11.6 Å². The Kier molecular flexibility index (Phi) is 6.87. The van der Waals surface area contributed by atoms with Gasteiger partial charge in [0.05, 0.1) is 16.9 Å². The fraction of sp³-hybridized carbons (Fsp3) is 0.143. The monoisotopic (exact) mass is 466 g/mol. The molecule has 176 valence electrons. The molecule has 0 bridgehead atoms. The number of H-pyrrole nitrogens is 1. The zero-order valence-electron chi connectivity index (χ0n) is 19.8. The van der Waals surface area contributed by atoms with Crippen LogP contribution in [-0.4, -0.2) is 32.7 Å². The number of fused-ring (bicyclic) bond motifs is 1. The number of hydrogen-bond acceptors (Lipinski definition) is 5. The molecule has 1 amide bonds. The first-order chi connectivity index (χ1) is 16.8. The van der Waals surface area contributed by atoms with E-state index in [1.54, 1.807) is 36.7 Å². The number of benzene rings is 2. The fourth-order valence-corrected chi connectivity index (χ4v) is 3.39. The summed E-state index contributed by atoms with van der Waals surface area (Å²) < 4.78 is 5.32. The molecule has 0 spiro atoms. The first-order valence-corrected chi connectivity index (χ1v) is 11.2. The Balaban J connectivity index is 1.55. The first kappa shape index (κ1) is 23.6. The van der Waals surface area contributed by atoms with Crippen LogP contribution in [0.4, 0.5) is 5.69 Å². The van der Waals surface area contributed by atoms with E-state index in [0.29, 0.717) is 11.3 Å². The van der Waals surface area contributed by atoms with Crippen LogP contribution in [0.3, 0.4) is 0 Å². The molecule has 0 radical (unpaired) electrons. The van der Waals surface area contributed by atoms with Crippen molar-refractivity contribution in [3.8, 4) is 0 Å². The van der Waals surface area contributed by atoms with Gasteiger partial charge < -0.3 is 10.1 Å². The molecule has 2 N–H and O–H groups in total. The highest BCUT2D eigenvalue weighted by Crippen LogP contribution is 2.23. The summed E-state index contributed by atoms with van der Waals surface area (Å²) in [5.41, 5.74) is 3.86. The highest BCUT2D eigenvalue weighted by Gasteiger charge is 2.14. The summed E-state index contributed by atoms with van der Waals surface area (Å²) in [6.07, 6.45) is 10.2. The first-order valence-electron chi connectivity index (χ1n) is 11.2. The van der Waals surface area contributed by atoms with Crippen LogP contribution in [0, 0.1) is 0 Å². The average molecular weight is 467 g/mol. The molecule has 4 aromatic rings. The van der Waals surface area contributed by atoms with Gasteiger partial charge in [0.2, 0.25) is 0 Å². The molecule has 0 atom stereocenters. The number of anilines is 1. The summed E-state index contributed by atoms with van der Waals surface area (Å²) in [6, 6.07) is 16.5. The zero-order chi connectivity index (χ0) is 24.8. The van der Waals surface area contributed by atoms with E-state index in [9.17, 15) is 9.59 Å². The van der Waals surface area contributed by atoms with Gasteiger partial charge in [-0.25, -0.2) is 4.79 Å². The van der Waals surface area contributed by atoms with Crippen LogP contribution < -0.4 is 5.32 Å². The molecule has 0 aliphatic heterocycles. The van der Waals surface area contributed by atoms with Gasteiger partial charge in [-0.1, -0.05) is 24.3 Å². The summed E-state index contributed by atoms with van der Waals surface area (Å²) in [7, 11) is 0. The quantitative estimate of drug-likeness (QED) is 0.279. The zero-order valence-corrected chi connectivity index (χ0v) is 19.8. The third-order valence-electron chi connectivity index (χ3n) is 4.99. The summed E-state index contributed by atoms with van der Waals surface area (Å²) in [6.45, 7) is 5.49. The van der Waals surface area contributed by atoms with E-state index >= 15 is 0 Å². The van der Waals surface area contributed by atoms with Gasteiger partial charge in [0.25, 0.3) is 5.91 Å². The maximum atomic E-state index is 12.6. The van der Waals surface area contributed by atoms with Gasteiger partial charge >= 0.3 is 5.97 Å². The minimum absolute atomic E-state index is 0.195. The molecule has 35 heavy (non-hydrogen) atoms. The van der Waals surface area contributed by atoms with Gasteiger partial charge in [0.15, 0.2) is 0 Å². The van der Waals surface area contributed by atoms with Crippen molar-refractivity contribution in [3.05, 3.63) is 95.5 Å². The number of nitrogens with zero attached hydrogens (tertiary/aromatic N) is 2. The number of rotatable bonds is 6. The fourth-order valence-electron chi connectivity index (χ4n) is 3.39. The number of carbonyl (C=O) groups is 2. The van der Waals surface area contributed by atoms with Gasteiger partial charge in [0, 0.05) is 35.0 Å². The van der Waals surface area contributed by atoms with Crippen LogP contribution in [-0.2, 0) is 9.53 Å². The number of amides is 1. The maximum absolute atomic E-state index is 12.6. The Hall–Kier alpha value is -4.52. The number of esters is 1. The van der Waals surface area contributed by atoms with E-state index in [1.807, 2.05) is 69.3 Å². The van der Waals surface area contributed by atoms with Crippen LogP contribution >= 0.6 is 0 Å². The largest absolute Gasteiger partial charge is 0.457 e. The minimum Gasteiger partial charge on any atom is -0.457 e. The molecule has 2 aromatic heterocycles. The SMILES string of the molecule is CC(C)(C)OC(=O)C=Cc1ccc2n[nH]c(C=Cc3cnccc3NC(=O)c3ccccc3)c2c1. The normalized spacial score (nSPS) is 11.9. The van der Waals surface area contributed by atoms with Crippen molar-refractivity contribution in [1.82, 2.24) is 15.2 Å². The lowest BCUT2D eigenvalue weighted by Gasteiger charge is -2.17. The third-order valence-corrected chi connectivity index (χ3v) is 4.99. The van der Waals surface area contributed by atoms with Gasteiger partial charge in [-0.05, 0) is 74.9 Å². The standard InChI is InChI=1S/C28H26N4O3/c1-28(2,3)35-26(33)14-10-19-9-12-24-22(17-19)25(32-31-24)13-11-21-18-29-16-15-23(21)30-27(34)20-7-5-4-6-8-20/h4-18H,1-3H3,(H,31,32)(H,29,30,34). The summed E-state index contributed by atoms with van der Waals surface area (Å²) >= 11 is 0. The third kappa shape index (κ3) is 6.29. The van der Waals surface area contributed by atoms with Crippen molar-refractivity contribution in [1.29, 1.82) is 0 Å². The van der Waals surface area contributed by atoms with Gasteiger partial charge in [0.1, 0.15) is 5.60 Å². The smallest absolute Gasteiger partial charge is 0.331 e. The van der Waals surface area contributed by atoms with Crippen molar-refractivity contribution in [3.63, 3.8) is 0 Å². The molecule has 2 heterocycles. The molecule has 0 saturated heterocycles. The Morgan fingerprint density at radius 2 is 1.80 bits per heavy atom. The molecule has 0 unspecified atom stereocenters. The van der Waals surface area contributed by atoms with E-state index in [0.717, 1.165) is 27.7 Å². The van der Waals surface area contributed by atoms with Crippen LogP contribution in [0.1, 0.15) is 48.0 Å². The van der Waals surface area contributed by atoms with E-state index in [1.165, 1.54) is 6.08 Å². The van der Waals surface area contributed by atoms with Crippen molar-refractivity contribution in [2.24, 2.45) is 0 Å². The second-order valence-electron chi connectivity index (χ2n) is 8.90. The molecular weight excluding hydrogens is 440 g/mol. The molecule has 0 fully saturated rings. The van der Waals surface area contributed by atoms with Crippen LogP contribution in [0.15, 0.2) is 73.1 Å². The molecule has 7 heteroatoms. The number of carbonyl (C=O) groups excluding carboxylic acids is 2. The molecule has 2 aromatic carbocycles. The molecule has 0 aliphatic rings. The van der Waals surface area contributed by atoms with Gasteiger partial charge in [-0.3, -0.25) is 14.9 Å². The summed E-state index contributed by atoms with van der Waals surface area (Å²) in [5.74, 6) is -0.591. The Morgan fingerprint density at radius 3 is 2.57 bits per heavy atom. The van der Waals surface area contributed by atoms with Crippen LogP contribution in [0.5, 0.6) is 0 Å². The number of aromatic amines is 1. The van der Waals surface area contributed by atoms with E-state index in [-0.39, 0.29) is 5.91 Å². The van der Waals surface area contributed by atoms with Gasteiger partial charge in [-0.2, -0.15) is 5.10 Å². The number of hydrogen-bond donors (Lipinski definition) is 2. The number of ether oxygens (including phenoxy) is 1. The number of nitrogens with one attached hydrogen (secondary N) is 2. The van der Waals surface area contributed by atoms with Gasteiger partial charge in [-0.15, -0.1) is 0 Å². The predicted octanol–water partition coefficient (Wildman–Crippen LogP) is 5.74. The van der Waals surface area contributed by atoms with Crippen LogP contribution in [0.2, 0.25) is 0 Å². The summed E-state index contributed by atoms with van der Waals surface area (Å²) in [4.78, 5) is 28.8. The predicted molar refractivity (Wildman–Crippen MR) is 139 cm³/mol. The van der Waals surface area contributed by atoms with E-state index in [2.05, 4.69) is 20.5 Å². The minimum atomic E-state index is -0.542.